The zero-order valence-corrected chi connectivity index (χ0v) is 12.4. The fourth-order valence-electron chi connectivity index (χ4n) is 2.66. The van der Waals surface area contributed by atoms with Crippen LogP contribution in [-0.4, -0.2) is 29.1 Å². The lowest BCUT2D eigenvalue weighted by Crippen LogP contribution is -2.33. The first-order valence-electron chi connectivity index (χ1n) is 7.57. The van der Waals surface area contributed by atoms with Crippen molar-refractivity contribution in [1.82, 2.24) is 9.97 Å². The molecular weight excluding hydrogens is 236 g/mol. The third-order valence-corrected chi connectivity index (χ3v) is 3.73. The number of aryl methyl sites for hydroxylation is 1. The maximum atomic E-state index is 4.63. The number of hydrogen-bond acceptors (Lipinski definition) is 4. The zero-order valence-electron chi connectivity index (χ0n) is 12.4. The Morgan fingerprint density at radius 2 is 2.16 bits per heavy atom. The van der Waals surface area contributed by atoms with Crippen molar-refractivity contribution in [2.24, 2.45) is 0 Å². The Balaban J connectivity index is 2.19. The molecule has 1 atom stereocenters. The highest BCUT2D eigenvalue weighted by Gasteiger charge is 2.19. The Bertz CT molecular complexity index is 405. The molecule has 0 aliphatic carbocycles. The van der Waals surface area contributed by atoms with Crippen molar-refractivity contribution in [1.29, 1.82) is 0 Å². The van der Waals surface area contributed by atoms with Crippen LogP contribution in [0.25, 0.3) is 0 Å². The van der Waals surface area contributed by atoms with Crippen LogP contribution in [0.15, 0.2) is 6.07 Å². The summed E-state index contributed by atoms with van der Waals surface area (Å²) < 4.78 is 0. The monoisotopic (exact) mass is 262 g/mol. The average molecular weight is 262 g/mol. The van der Waals surface area contributed by atoms with Crippen LogP contribution >= 0.6 is 0 Å². The van der Waals surface area contributed by atoms with Gasteiger partial charge in [-0.3, -0.25) is 0 Å². The second-order valence-electron chi connectivity index (χ2n) is 5.48. The van der Waals surface area contributed by atoms with Crippen molar-refractivity contribution in [2.75, 3.05) is 23.3 Å². The molecular formula is C15H26N4. The molecule has 19 heavy (non-hydrogen) atoms. The predicted molar refractivity (Wildman–Crippen MR) is 80.8 cm³/mol. The lowest BCUT2D eigenvalue weighted by Gasteiger charge is -2.28. The van der Waals surface area contributed by atoms with Gasteiger partial charge in [-0.1, -0.05) is 19.8 Å². The van der Waals surface area contributed by atoms with E-state index in [1.165, 1.54) is 25.7 Å². The fraction of sp³-hybridized carbons (Fsp3) is 0.733. The Labute approximate surface area is 116 Å². The van der Waals surface area contributed by atoms with Crippen LogP contribution in [-0.2, 0) is 0 Å². The number of nitrogens with zero attached hydrogens (tertiary/aromatic N) is 3. The summed E-state index contributed by atoms with van der Waals surface area (Å²) in [6, 6.07) is 2.68. The molecule has 0 amide bonds. The summed E-state index contributed by atoms with van der Waals surface area (Å²) in [7, 11) is 0. The number of aromatic nitrogens is 2. The van der Waals surface area contributed by atoms with E-state index in [1.54, 1.807) is 0 Å². The highest BCUT2D eigenvalue weighted by atomic mass is 15.2. The Hall–Kier alpha value is -1.32. The maximum absolute atomic E-state index is 4.63. The molecule has 0 aromatic carbocycles. The molecule has 1 fully saturated rings. The lowest BCUT2D eigenvalue weighted by molar-refractivity contribution is 0.610. The van der Waals surface area contributed by atoms with Gasteiger partial charge in [-0.25, -0.2) is 9.97 Å². The van der Waals surface area contributed by atoms with Crippen molar-refractivity contribution in [2.45, 2.75) is 58.9 Å². The molecule has 0 saturated carbocycles. The predicted octanol–water partition coefficient (Wildman–Crippen LogP) is 3.38. The van der Waals surface area contributed by atoms with Gasteiger partial charge in [0.15, 0.2) is 0 Å². The second kappa shape index (κ2) is 6.73. The molecule has 0 bridgehead atoms. The Kier molecular flexibility index (Phi) is 5.00. The van der Waals surface area contributed by atoms with Gasteiger partial charge in [-0.05, 0) is 33.1 Å². The van der Waals surface area contributed by atoms with Crippen molar-refractivity contribution < 1.29 is 0 Å². The van der Waals surface area contributed by atoms with E-state index < -0.39 is 0 Å². The van der Waals surface area contributed by atoms with E-state index in [-0.39, 0.29) is 0 Å². The molecule has 2 heterocycles. The minimum absolute atomic E-state index is 0.579. The van der Waals surface area contributed by atoms with Crippen molar-refractivity contribution >= 4 is 11.6 Å². The summed E-state index contributed by atoms with van der Waals surface area (Å²) in [5, 5.41) is 3.37. The molecule has 1 aromatic rings. The minimum atomic E-state index is 0.579. The highest BCUT2D eigenvalue weighted by Crippen LogP contribution is 2.24. The van der Waals surface area contributed by atoms with E-state index in [4.69, 9.17) is 0 Å². The maximum Gasteiger partial charge on any atom is 0.134 e. The molecule has 1 aromatic heterocycles. The Morgan fingerprint density at radius 3 is 2.95 bits per heavy atom. The largest absolute Gasteiger partial charge is 0.370 e. The molecule has 1 unspecified atom stereocenters. The van der Waals surface area contributed by atoms with Gasteiger partial charge in [0.2, 0.25) is 0 Å². The standard InChI is InChI=1S/C15H26N4/c1-4-9-16-14-11-15(18-13(3)17-14)19-10-7-5-6-8-12(19)2/h11-12H,4-10H2,1-3H3,(H,16,17,18). The molecule has 4 heteroatoms. The summed E-state index contributed by atoms with van der Waals surface area (Å²) in [6.45, 7) is 8.53. The minimum Gasteiger partial charge on any atom is -0.370 e. The smallest absolute Gasteiger partial charge is 0.134 e. The first-order chi connectivity index (χ1) is 9.20. The van der Waals surface area contributed by atoms with Crippen molar-refractivity contribution in [3.8, 4) is 0 Å². The topological polar surface area (TPSA) is 41.0 Å². The van der Waals surface area contributed by atoms with Gasteiger partial charge in [0, 0.05) is 25.2 Å². The lowest BCUT2D eigenvalue weighted by atomic mass is 10.1. The summed E-state index contributed by atoms with van der Waals surface area (Å²) in [4.78, 5) is 11.5. The normalized spacial score (nSPS) is 20.2. The van der Waals surface area contributed by atoms with Crippen LogP contribution in [0.4, 0.5) is 11.6 Å². The van der Waals surface area contributed by atoms with E-state index in [0.717, 1.165) is 37.0 Å². The highest BCUT2D eigenvalue weighted by molar-refractivity contribution is 5.50. The SMILES string of the molecule is CCCNc1cc(N2CCCCCC2C)nc(C)n1. The molecule has 1 N–H and O–H groups in total. The molecule has 1 aliphatic rings. The third kappa shape index (κ3) is 3.82. The van der Waals surface area contributed by atoms with Crippen molar-refractivity contribution in [3.63, 3.8) is 0 Å². The summed E-state index contributed by atoms with van der Waals surface area (Å²) in [6.07, 6.45) is 6.32. The van der Waals surface area contributed by atoms with E-state index in [1.807, 2.05) is 6.92 Å². The van der Waals surface area contributed by atoms with Gasteiger partial charge in [-0.15, -0.1) is 0 Å². The number of rotatable bonds is 4. The fourth-order valence-corrected chi connectivity index (χ4v) is 2.66. The van der Waals surface area contributed by atoms with Gasteiger partial charge in [0.25, 0.3) is 0 Å². The molecule has 0 radical (unpaired) electrons. The second-order valence-corrected chi connectivity index (χ2v) is 5.48. The van der Waals surface area contributed by atoms with Crippen LogP contribution in [0.3, 0.4) is 0 Å². The van der Waals surface area contributed by atoms with Gasteiger partial charge >= 0.3 is 0 Å². The van der Waals surface area contributed by atoms with E-state index in [9.17, 15) is 0 Å². The molecule has 4 nitrogen and oxygen atoms in total. The first kappa shape index (κ1) is 14.1. The number of nitrogens with one attached hydrogen (secondary N) is 1. The quantitative estimate of drug-likeness (QED) is 0.903. The van der Waals surface area contributed by atoms with Crippen molar-refractivity contribution in [3.05, 3.63) is 11.9 Å². The molecule has 1 saturated heterocycles. The summed E-state index contributed by atoms with van der Waals surface area (Å²) in [5.41, 5.74) is 0. The first-order valence-corrected chi connectivity index (χ1v) is 7.57. The van der Waals surface area contributed by atoms with Gasteiger partial charge in [0.1, 0.15) is 17.5 Å². The molecule has 106 valence electrons. The van der Waals surface area contributed by atoms with Crippen LogP contribution in [0.2, 0.25) is 0 Å². The summed E-state index contributed by atoms with van der Waals surface area (Å²) >= 11 is 0. The van der Waals surface area contributed by atoms with E-state index in [0.29, 0.717) is 6.04 Å². The Morgan fingerprint density at radius 1 is 1.32 bits per heavy atom. The third-order valence-electron chi connectivity index (χ3n) is 3.73. The average Bonchev–Trinajstić information content (AvgIpc) is 2.60. The van der Waals surface area contributed by atoms with E-state index >= 15 is 0 Å². The van der Waals surface area contributed by atoms with Crippen LogP contribution < -0.4 is 10.2 Å². The summed E-state index contributed by atoms with van der Waals surface area (Å²) in [5.74, 6) is 2.90. The molecule has 2 rings (SSSR count). The van der Waals surface area contributed by atoms with Gasteiger partial charge in [0.05, 0.1) is 0 Å². The van der Waals surface area contributed by atoms with Crippen LogP contribution in [0.5, 0.6) is 0 Å². The molecule has 0 spiro atoms. The number of anilines is 2. The van der Waals surface area contributed by atoms with Gasteiger partial charge in [-0.2, -0.15) is 0 Å². The van der Waals surface area contributed by atoms with E-state index in [2.05, 4.69) is 40.1 Å². The zero-order chi connectivity index (χ0) is 13.7. The number of hydrogen-bond donors (Lipinski definition) is 1. The van der Waals surface area contributed by atoms with Crippen LogP contribution in [0.1, 0.15) is 51.8 Å². The van der Waals surface area contributed by atoms with Crippen LogP contribution in [0, 0.1) is 6.92 Å². The molecule has 1 aliphatic heterocycles. The van der Waals surface area contributed by atoms with Gasteiger partial charge < -0.3 is 10.2 Å².